The van der Waals surface area contributed by atoms with Crippen molar-refractivity contribution >= 4 is 12.0 Å². The monoisotopic (exact) mass is 332 g/mol. The fraction of sp³-hybridized carbons (Fsp3) is 0.875. The lowest BCUT2D eigenvalue weighted by Gasteiger charge is -2.30. The average Bonchev–Trinajstić information content (AvgIpc) is 2.45. The number of methoxy groups -OCH3 is 1. The Morgan fingerprint density at radius 3 is 2.35 bits per heavy atom. The number of hydrogen-bond donors (Lipinski definition) is 1. The molecule has 0 heterocycles. The van der Waals surface area contributed by atoms with Gasteiger partial charge in [-0.05, 0) is 34.1 Å². The summed E-state index contributed by atoms with van der Waals surface area (Å²) in [5.74, 6) is -0.223. The first kappa shape index (κ1) is 21.7. The lowest BCUT2D eigenvalue weighted by Crippen LogP contribution is -2.50. The first-order valence-electron chi connectivity index (χ1n) is 8.07. The SMILES string of the molecule is CCCN(C(=O)OC(C)(C)C)C(C)C(=O)NCCOCCOC. The van der Waals surface area contributed by atoms with E-state index in [-0.39, 0.29) is 5.91 Å². The molecule has 0 fully saturated rings. The van der Waals surface area contributed by atoms with Crippen LogP contribution in [-0.2, 0) is 19.0 Å². The number of nitrogens with one attached hydrogen (secondary N) is 1. The highest BCUT2D eigenvalue weighted by Crippen LogP contribution is 2.12. The molecule has 0 aromatic heterocycles. The zero-order chi connectivity index (χ0) is 17.9. The minimum Gasteiger partial charge on any atom is -0.444 e. The van der Waals surface area contributed by atoms with Gasteiger partial charge >= 0.3 is 6.09 Å². The summed E-state index contributed by atoms with van der Waals surface area (Å²) in [6, 6.07) is -0.594. The van der Waals surface area contributed by atoms with Gasteiger partial charge in [0, 0.05) is 20.2 Å². The molecule has 1 N–H and O–H groups in total. The minimum absolute atomic E-state index is 0.223. The second kappa shape index (κ2) is 11.2. The van der Waals surface area contributed by atoms with Crippen LogP contribution in [0.25, 0.3) is 0 Å². The predicted octanol–water partition coefficient (Wildman–Crippen LogP) is 1.80. The minimum atomic E-state index is -0.594. The van der Waals surface area contributed by atoms with Gasteiger partial charge in [-0.15, -0.1) is 0 Å². The zero-order valence-corrected chi connectivity index (χ0v) is 15.3. The molecule has 0 aliphatic heterocycles. The van der Waals surface area contributed by atoms with Crippen molar-refractivity contribution in [3.05, 3.63) is 0 Å². The van der Waals surface area contributed by atoms with Crippen LogP contribution in [0.5, 0.6) is 0 Å². The largest absolute Gasteiger partial charge is 0.444 e. The molecular weight excluding hydrogens is 300 g/mol. The number of rotatable bonds is 10. The molecule has 0 rings (SSSR count). The van der Waals surface area contributed by atoms with Crippen molar-refractivity contribution in [3.63, 3.8) is 0 Å². The molecule has 0 saturated carbocycles. The summed E-state index contributed by atoms with van der Waals surface area (Å²) in [5, 5.41) is 2.76. The standard InChI is InChI=1S/C16H32N2O5/c1-7-9-18(15(20)23-16(3,4)5)13(2)14(19)17-8-10-22-12-11-21-6/h13H,7-12H2,1-6H3,(H,17,19). The molecule has 23 heavy (non-hydrogen) atoms. The Hall–Kier alpha value is -1.34. The Morgan fingerprint density at radius 1 is 1.17 bits per heavy atom. The number of amides is 2. The Bertz CT molecular complexity index is 355. The predicted molar refractivity (Wildman–Crippen MR) is 88.4 cm³/mol. The van der Waals surface area contributed by atoms with Gasteiger partial charge in [-0.25, -0.2) is 4.79 Å². The quantitative estimate of drug-likeness (QED) is 0.617. The van der Waals surface area contributed by atoms with Crippen molar-refractivity contribution in [2.24, 2.45) is 0 Å². The van der Waals surface area contributed by atoms with Crippen LogP contribution in [0.2, 0.25) is 0 Å². The topological polar surface area (TPSA) is 77.1 Å². The highest BCUT2D eigenvalue weighted by molar-refractivity contribution is 5.85. The Labute approximate surface area is 139 Å². The van der Waals surface area contributed by atoms with Gasteiger partial charge < -0.3 is 19.5 Å². The Kier molecular flexibility index (Phi) is 10.6. The maximum Gasteiger partial charge on any atom is 0.410 e. The summed E-state index contributed by atoms with van der Waals surface area (Å²) in [5.41, 5.74) is -0.589. The second-order valence-electron chi connectivity index (χ2n) is 6.25. The maximum absolute atomic E-state index is 12.2. The van der Waals surface area contributed by atoms with Gasteiger partial charge in [-0.1, -0.05) is 6.92 Å². The van der Waals surface area contributed by atoms with Gasteiger partial charge in [0.15, 0.2) is 0 Å². The second-order valence-corrected chi connectivity index (χ2v) is 6.25. The molecule has 0 aliphatic rings. The van der Waals surface area contributed by atoms with Gasteiger partial charge in [0.05, 0.1) is 19.8 Å². The summed E-state index contributed by atoms with van der Waals surface area (Å²) >= 11 is 0. The highest BCUT2D eigenvalue weighted by Gasteiger charge is 2.29. The Balaban J connectivity index is 4.38. The van der Waals surface area contributed by atoms with Gasteiger partial charge in [0.1, 0.15) is 11.6 Å². The highest BCUT2D eigenvalue weighted by atomic mass is 16.6. The number of carbonyl (C=O) groups is 2. The lowest BCUT2D eigenvalue weighted by atomic mass is 10.2. The van der Waals surface area contributed by atoms with Crippen LogP contribution < -0.4 is 5.32 Å². The van der Waals surface area contributed by atoms with Gasteiger partial charge in [0.2, 0.25) is 5.91 Å². The van der Waals surface area contributed by atoms with E-state index in [1.165, 1.54) is 4.90 Å². The molecule has 1 atom stereocenters. The zero-order valence-electron chi connectivity index (χ0n) is 15.3. The van der Waals surface area contributed by atoms with E-state index in [4.69, 9.17) is 14.2 Å². The van der Waals surface area contributed by atoms with E-state index in [2.05, 4.69) is 5.32 Å². The molecule has 0 aromatic carbocycles. The van der Waals surface area contributed by atoms with Crippen molar-refractivity contribution in [3.8, 4) is 0 Å². The fourth-order valence-electron chi connectivity index (χ4n) is 1.78. The van der Waals surface area contributed by atoms with Crippen molar-refractivity contribution in [2.75, 3.05) is 40.0 Å². The van der Waals surface area contributed by atoms with E-state index in [0.29, 0.717) is 32.9 Å². The molecule has 7 heteroatoms. The first-order valence-corrected chi connectivity index (χ1v) is 8.07. The summed E-state index contributed by atoms with van der Waals surface area (Å²) < 4.78 is 15.5. The van der Waals surface area contributed by atoms with Crippen LogP contribution in [0.1, 0.15) is 41.0 Å². The molecule has 1 unspecified atom stereocenters. The van der Waals surface area contributed by atoms with Crippen molar-refractivity contribution in [1.82, 2.24) is 10.2 Å². The Morgan fingerprint density at radius 2 is 1.83 bits per heavy atom. The molecule has 0 aromatic rings. The number of hydrogen-bond acceptors (Lipinski definition) is 5. The average molecular weight is 332 g/mol. The number of nitrogens with zero attached hydrogens (tertiary/aromatic N) is 1. The normalized spacial score (nSPS) is 12.6. The van der Waals surface area contributed by atoms with Gasteiger partial charge in [-0.2, -0.15) is 0 Å². The summed E-state index contributed by atoms with van der Waals surface area (Å²) in [7, 11) is 1.60. The van der Waals surface area contributed by atoms with Crippen LogP contribution in [-0.4, -0.2) is 68.6 Å². The van der Waals surface area contributed by atoms with Crippen LogP contribution in [0.15, 0.2) is 0 Å². The van der Waals surface area contributed by atoms with E-state index in [0.717, 1.165) is 6.42 Å². The molecular formula is C16H32N2O5. The number of carbonyl (C=O) groups excluding carboxylic acids is 2. The van der Waals surface area contributed by atoms with Crippen LogP contribution in [0, 0.1) is 0 Å². The van der Waals surface area contributed by atoms with E-state index in [9.17, 15) is 9.59 Å². The summed E-state index contributed by atoms with van der Waals surface area (Å²) in [4.78, 5) is 25.9. The third-order valence-electron chi connectivity index (χ3n) is 2.92. The van der Waals surface area contributed by atoms with Crippen LogP contribution in [0.3, 0.4) is 0 Å². The molecule has 0 radical (unpaired) electrons. The molecule has 136 valence electrons. The van der Waals surface area contributed by atoms with Crippen molar-refractivity contribution in [1.29, 1.82) is 0 Å². The molecule has 7 nitrogen and oxygen atoms in total. The molecule has 0 spiro atoms. The van der Waals surface area contributed by atoms with E-state index in [1.807, 2.05) is 6.92 Å². The van der Waals surface area contributed by atoms with Crippen molar-refractivity contribution < 1.29 is 23.8 Å². The van der Waals surface area contributed by atoms with Crippen LogP contribution in [0.4, 0.5) is 4.79 Å². The van der Waals surface area contributed by atoms with Gasteiger partial charge in [0.25, 0.3) is 0 Å². The van der Waals surface area contributed by atoms with Crippen LogP contribution >= 0.6 is 0 Å². The first-order chi connectivity index (χ1) is 10.7. The smallest absolute Gasteiger partial charge is 0.410 e. The van der Waals surface area contributed by atoms with Crippen molar-refractivity contribution in [2.45, 2.75) is 52.7 Å². The van der Waals surface area contributed by atoms with E-state index < -0.39 is 17.7 Å². The van der Waals surface area contributed by atoms with E-state index >= 15 is 0 Å². The maximum atomic E-state index is 12.2. The van der Waals surface area contributed by atoms with Gasteiger partial charge in [-0.3, -0.25) is 9.69 Å². The summed E-state index contributed by atoms with van der Waals surface area (Å²) in [6.45, 7) is 11.3. The summed E-state index contributed by atoms with van der Waals surface area (Å²) in [6.07, 6.45) is 0.273. The van der Waals surface area contributed by atoms with E-state index in [1.54, 1.807) is 34.8 Å². The third-order valence-corrected chi connectivity index (χ3v) is 2.92. The lowest BCUT2D eigenvalue weighted by molar-refractivity contribution is -0.126. The fourth-order valence-corrected chi connectivity index (χ4v) is 1.78. The molecule has 0 aliphatic carbocycles. The molecule has 0 saturated heterocycles. The third kappa shape index (κ3) is 10.1. The molecule has 2 amide bonds. The molecule has 0 bridgehead atoms. The number of ether oxygens (including phenoxy) is 3.